The van der Waals surface area contributed by atoms with Crippen LogP contribution in [0.15, 0.2) is 24.3 Å². The highest BCUT2D eigenvalue weighted by Gasteiger charge is 2.20. The summed E-state index contributed by atoms with van der Waals surface area (Å²) in [7, 11) is 0. The van der Waals surface area contributed by atoms with Crippen molar-refractivity contribution in [3.63, 3.8) is 0 Å². The van der Waals surface area contributed by atoms with E-state index in [1.54, 1.807) is 24.3 Å². The monoisotopic (exact) mass is 266 g/mol. The van der Waals surface area contributed by atoms with Crippen molar-refractivity contribution < 1.29 is 9.53 Å². The Morgan fingerprint density at radius 3 is 2.33 bits per heavy atom. The average molecular weight is 267 g/mol. The van der Waals surface area contributed by atoms with Gasteiger partial charge in [0, 0.05) is 10.9 Å². The van der Waals surface area contributed by atoms with Crippen LogP contribution < -0.4 is 4.74 Å². The Morgan fingerprint density at radius 2 is 1.72 bits per heavy atom. The van der Waals surface area contributed by atoms with Gasteiger partial charge in [-0.1, -0.05) is 37.3 Å². The maximum absolute atomic E-state index is 12.0. The van der Waals surface area contributed by atoms with Crippen LogP contribution in [0.3, 0.4) is 0 Å². The summed E-state index contributed by atoms with van der Waals surface area (Å²) >= 11 is 5.79. The summed E-state index contributed by atoms with van der Waals surface area (Å²) < 4.78 is 5.51. The van der Waals surface area contributed by atoms with Crippen molar-refractivity contribution >= 4 is 17.4 Å². The van der Waals surface area contributed by atoms with Gasteiger partial charge in [-0.2, -0.15) is 0 Å². The second-order valence-corrected chi connectivity index (χ2v) is 5.33. The van der Waals surface area contributed by atoms with Gasteiger partial charge < -0.3 is 4.74 Å². The van der Waals surface area contributed by atoms with Crippen LogP contribution in [0.2, 0.25) is 5.02 Å². The topological polar surface area (TPSA) is 26.3 Å². The third kappa shape index (κ3) is 4.02. The maximum atomic E-state index is 12.0. The van der Waals surface area contributed by atoms with E-state index in [9.17, 15) is 4.79 Å². The molecule has 2 nitrogen and oxygen atoms in total. The van der Waals surface area contributed by atoms with Crippen molar-refractivity contribution in [1.82, 2.24) is 0 Å². The SMILES string of the molecule is O=C(COc1ccc(Cl)cc1)C1CCCCCC1. The number of Topliss-reactive ketones (excluding diaryl/α,β-unsaturated/α-hetero) is 1. The molecule has 0 unspecified atom stereocenters. The minimum Gasteiger partial charge on any atom is -0.486 e. The lowest BCUT2D eigenvalue weighted by atomic mass is 9.96. The van der Waals surface area contributed by atoms with Gasteiger partial charge in [-0.3, -0.25) is 4.79 Å². The molecule has 1 aliphatic rings. The molecule has 1 aliphatic carbocycles. The van der Waals surface area contributed by atoms with Gasteiger partial charge >= 0.3 is 0 Å². The van der Waals surface area contributed by atoms with E-state index in [0.717, 1.165) is 12.8 Å². The lowest BCUT2D eigenvalue weighted by Gasteiger charge is -2.13. The highest BCUT2D eigenvalue weighted by atomic mass is 35.5. The second-order valence-electron chi connectivity index (χ2n) is 4.90. The Bertz CT molecular complexity index is 378. The number of carbonyl (C=O) groups is 1. The van der Waals surface area contributed by atoms with Crippen LogP contribution in [0, 0.1) is 5.92 Å². The molecule has 0 atom stereocenters. The summed E-state index contributed by atoms with van der Waals surface area (Å²) in [6.45, 7) is 0.187. The van der Waals surface area contributed by atoms with Gasteiger partial charge in [0.15, 0.2) is 5.78 Å². The number of halogens is 1. The van der Waals surface area contributed by atoms with Crippen molar-refractivity contribution in [2.45, 2.75) is 38.5 Å². The van der Waals surface area contributed by atoms with E-state index in [1.807, 2.05) is 0 Å². The minimum absolute atomic E-state index is 0.187. The molecule has 0 spiro atoms. The fraction of sp³-hybridized carbons (Fsp3) is 0.533. The van der Waals surface area contributed by atoms with Crippen LogP contribution in [-0.4, -0.2) is 12.4 Å². The molecule has 0 aliphatic heterocycles. The first kappa shape index (κ1) is 13.4. The zero-order chi connectivity index (χ0) is 12.8. The summed E-state index contributed by atoms with van der Waals surface area (Å²) in [5, 5.41) is 0.678. The average Bonchev–Trinajstić information content (AvgIpc) is 2.66. The number of rotatable bonds is 4. The van der Waals surface area contributed by atoms with Crippen molar-refractivity contribution in [1.29, 1.82) is 0 Å². The molecule has 0 N–H and O–H groups in total. The number of hydrogen-bond donors (Lipinski definition) is 0. The predicted molar refractivity (Wildman–Crippen MR) is 73.1 cm³/mol. The molecule has 0 heterocycles. The fourth-order valence-electron chi connectivity index (χ4n) is 2.40. The highest BCUT2D eigenvalue weighted by Crippen LogP contribution is 2.24. The Labute approximate surface area is 113 Å². The van der Waals surface area contributed by atoms with Crippen molar-refractivity contribution in [3.05, 3.63) is 29.3 Å². The molecule has 0 aromatic heterocycles. The summed E-state index contributed by atoms with van der Waals surface area (Å²) in [4.78, 5) is 12.0. The van der Waals surface area contributed by atoms with Crippen molar-refractivity contribution in [2.24, 2.45) is 5.92 Å². The third-order valence-electron chi connectivity index (χ3n) is 3.51. The number of carbonyl (C=O) groups excluding carboxylic acids is 1. The number of benzene rings is 1. The minimum atomic E-state index is 0.187. The molecule has 0 bridgehead atoms. The van der Waals surface area contributed by atoms with Gasteiger partial charge in [0.2, 0.25) is 0 Å². The summed E-state index contributed by atoms with van der Waals surface area (Å²) in [5.41, 5.74) is 0. The molecule has 1 aromatic carbocycles. The molecular weight excluding hydrogens is 248 g/mol. The van der Waals surface area contributed by atoms with E-state index in [2.05, 4.69) is 0 Å². The number of ketones is 1. The van der Waals surface area contributed by atoms with Crippen molar-refractivity contribution in [3.8, 4) is 5.75 Å². The molecule has 0 radical (unpaired) electrons. The summed E-state index contributed by atoms with van der Waals surface area (Å²) in [6, 6.07) is 7.13. The smallest absolute Gasteiger partial charge is 0.173 e. The predicted octanol–water partition coefficient (Wildman–Crippen LogP) is 4.26. The molecule has 2 rings (SSSR count). The van der Waals surface area contributed by atoms with Gasteiger partial charge in [0.1, 0.15) is 12.4 Å². The van der Waals surface area contributed by atoms with Gasteiger partial charge in [0.05, 0.1) is 0 Å². The van der Waals surface area contributed by atoms with Gasteiger partial charge in [-0.25, -0.2) is 0 Å². The first-order valence-electron chi connectivity index (χ1n) is 6.67. The molecule has 1 saturated carbocycles. The number of ether oxygens (including phenoxy) is 1. The molecule has 1 aromatic rings. The zero-order valence-corrected chi connectivity index (χ0v) is 11.3. The van der Waals surface area contributed by atoms with E-state index < -0.39 is 0 Å². The first-order chi connectivity index (χ1) is 8.75. The Morgan fingerprint density at radius 1 is 1.11 bits per heavy atom. The van der Waals surface area contributed by atoms with E-state index in [4.69, 9.17) is 16.3 Å². The normalized spacial score (nSPS) is 17.2. The quantitative estimate of drug-likeness (QED) is 0.761. The summed E-state index contributed by atoms with van der Waals surface area (Å²) in [6.07, 6.45) is 6.95. The molecule has 0 amide bonds. The van der Waals surface area contributed by atoms with Gasteiger partial charge in [-0.15, -0.1) is 0 Å². The van der Waals surface area contributed by atoms with Gasteiger partial charge in [0.25, 0.3) is 0 Å². The summed E-state index contributed by atoms with van der Waals surface area (Å²) in [5.74, 6) is 1.16. The molecule has 1 fully saturated rings. The van der Waals surface area contributed by atoms with E-state index in [1.165, 1.54) is 25.7 Å². The number of hydrogen-bond acceptors (Lipinski definition) is 2. The van der Waals surface area contributed by atoms with E-state index in [0.29, 0.717) is 10.8 Å². The molecule has 0 saturated heterocycles. The first-order valence-corrected chi connectivity index (χ1v) is 7.04. The Kier molecular flexibility index (Phi) is 5.06. The molecule has 3 heteroatoms. The van der Waals surface area contributed by atoms with Crippen LogP contribution in [0.5, 0.6) is 5.75 Å². The molecular formula is C15H19ClO2. The third-order valence-corrected chi connectivity index (χ3v) is 3.76. The Hall–Kier alpha value is -1.02. The van der Waals surface area contributed by atoms with E-state index in [-0.39, 0.29) is 18.3 Å². The van der Waals surface area contributed by atoms with Crippen LogP contribution in [-0.2, 0) is 4.79 Å². The standard InChI is InChI=1S/C15H19ClO2/c16-13-7-9-14(10-8-13)18-11-15(17)12-5-3-1-2-4-6-12/h7-10,12H,1-6,11H2. The van der Waals surface area contributed by atoms with Crippen LogP contribution in [0.25, 0.3) is 0 Å². The Balaban J connectivity index is 1.81. The van der Waals surface area contributed by atoms with E-state index >= 15 is 0 Å². The maximum Gasteiger partial charge on any atom is 0.173 e. The highest BCUT2D eigenvalue weighted by molar-refractivity contribution is 6.30. The lowest BCUT2D eigenvalue weighted by Crippen LogP contribution is -2.21. The molecule has 98 valence electrons. The van der Waals surface area contributed by atoms with Crippen LogP contribution in [0.1, 0.15) is 38.5 Å². The zero-order valence-electron chi connectivity index (χ0n) is 10.5. The lowest BCUT2D eigenvalue weighted by molar-refractivity contribution is -0.125. The fourth-order valence-corrected chi connectivity index (χ4v) is 2.53. The second kappa shape index (κ2) is 6.79. The molecule has 18 heavy (non-hydrogen) atoms. The van der Waals surface area contributed by atoms with Crippen LogP contribution >= 0.6 is 11.6 Å². The largest absolute Gasteiger partial charge is 0.486 e. The van der Waals surface area contributed by atoms with Crippen LogP contribution in [0.4, 0.5) is 0 Å². The van der Waals surface area contributed by atoms with Gasteiger partial charge in [-0.05, 0) is 37.1 Å². The van der Waals surface area contributed by atoms with Crippen molar-refractivity contribution in [2.75, 3.05) is 6.61 Å².